The fourth-order valence-corrected chi connectivity index (χ4v) is 3.70. The molecule has 7 nitrogen and oxygen atoms in total. The molecule has 3 rings (SSSR count). The summed E-state index contributed by atoms with van der Waals surface area (Å²) in [5.74, 6) is 0.383. The van der Waals surface area contributed by atoms with Crippen LogP contribution in [0.2, 0.25) is 0 Å². The number of carboxylic acid groups (broad SMARTS) is 1. The molecular weight excluding hydrogens is 417 g/mol. The molecule has 2 fully saturated rings. The lowest BCUT2D eigenvalue weighted by molar-refractivity contribution is -0.192. The van der Waals surface area contributed by atoms with Gasteiger partial charge >= 0.3 is 12.1 Å². The van der Waals surface area contributed by atoms with E-state index >= 15 is 0 Å². The third kappa shape index (κ3) is 7.17. The molecule has 0 unspecified atom stereocenters. The van der Waals surface area contributed by atoms with E-state index in [2.05, 4.69) is 15.9 Å². The Morgan fingerprint density at radius 3 is 1.97 bits per heavy atom. The second-order valence-electron chi connectivity index (χ2n) is 7.67. The minimum Gasteiger partial charge on any atom is -0.493 e. The van der Waals surface area contributed by atoms with E-state index in [0.29, 0.717) is 11.5 Å². The maximum atomic E-state index is 10.6. The standard InChI is InChI=1S/C19H30N2O3.C2HF3O2/c1-22-17-8-7-16(18(23-2)19(17)24-3)14-21-11-9-20(10-12-21)13-15-5-4-6-15;3-2(4,5)1(6)7/h7-8,15H,4-6,9-14H2,1-3H3;(H,6,7). The van der Waals surface area contributed by atoms with Crippen molar-refractivity contribution in [1.29, 1.82) is 0 Å². The molecule has 1 saturated heterocycles. The van der Waals surface area contributed by atoms with Crippen LogP contribution in [0.15, 0.2) is 12.1 Å². The molecule has 1 aliphatic carbocycles. The van der Waals surface area contributed by atoms with Gasteiger partial charge in [0, 0.05) is 44.8 Å². The number of alkyl halides is 3. The molecular formula is C21H31F3N2O5. The van der Waals surface area contributed by atoms with E-state index in [1.165, 1.54) is 38.9 Å². The first-order chi connectivity index (χ1) is 14.7. The third-order valence-electron chi connectivity index (χ3n) is 5.63. The van der Waals surface area contributed by atoms with Gasteiger partial charge in [-0.2, -0.15) is 13.2 Å². The van der Waals surface area contributed by atoms with Gasteiger partial charge in [0.25, 0.3) is 0 Å². The molecule has 1 aromatic carbocycles. The highest BCUT2D eigenvalue weighted by atomic mass is 19.4. The van der Waals surface area contributed by atoms with Crippen molar-refractivity contribution in [1.82, 2.24) is 9.80 Å². The normalized spacial score (nSPS) is 17.9. The summed E-state index contributed by atoms with van der Waals surface area (Å²) in [4.78, 5) is 14.0. The summed E-state index contributed by atoms with van der Waals surface area (Å²) in [5.41, 5.74) is 1.16. The molecule has 31 heavy (non-hydrogen) atoms. The van der Waals surface area contributed by atoms with Crippen molar-refractivity contribution in [3.63, 3.8) is 0 Å². The molecule has 1 heterocycles. The Morgan fingerprint density at radius 2 is 1.55 bits per heavy atom. The second kappa shape index (κ2) is 11.4. The van der Waals surface area contributed by atoms with Gasteiger partial charge in [0.1, 0.15) is 0 Å². The lowest BCUT2D eigenvalue weighted by Gasteiger charge is -2.38. The Kier molecular flexibility index (Phi) is 9.24. The molecule has 0 amide bonds. The molecule has 1 saturated carbocycles. The quantitative estimate of drug-likeness (QED) is 0.687. The summed E-state index contributed by atoms with van der Waals surface area (Å²) in [7, 11) is 5.00. The Hall–Kier alpha value is -2.20. The number of carbonyl (C=O) groups is 1. The number of carboxylic acids is 1. The highest BCUT2D eigenvalue weighted by Gasteiger charge is 2.38. The molecule has 0 bridgehead atoms. The lowest BCUT2D eigenvalue weighted by Crippen LogP contribution is -2.47. The summed E-state index contributed by atoms with van der Waals surface area (Å²) in [6.07, 6.45) is -0.782. The number of aliphatic carboxylic acids is 1. The van der Waals surface area contributed by atoms with Gasteiger partial charge in [-0.15, -0.1) is 0 Å². The van der Waals surface area contributed by atoms with Gasteiger partial charge in [-0.25, -0.2) is 4.79 Å². The Bertz CT molecular complexity index is 718. The molecule has 1 aliphatic heterocycles. The molecule has 0 radical (unpaired) electrons. The molecule has 0 atom stereocenters. The molecule has 176 valence electrons. The number of benzene rings is 1. The summed E-state index contributed by atoms with van der Waals surface area (Å²) in [6.45, 7) is 6.76. The Labute approximate surface area is 180 Å². The van der Waals surface area contributed by atoms with Crippen molar-refractivity contribution in [2.45, 2.75) is 32.0 Å². The number of hydrogen-bond acceptors (Lipinski definition) is 6. The zero-order chi connectivity index (χ0) is 23.0. The summed E-state index contributed by atoms with van der Waals surface area (Å²) < 4.78 is 48.2. The highest BCUT2D eigenvalue weighted by molar-refractivity contribution is 5.73. The maximum absolute atomic E-state index is 10.6. The number of hydrogen-bond donors (Lipinski definition) is 1. The zero-order valence-corrected chi connectivity index (χ0v) is 18.2. The van der Waals surface area contributed by atoms with Crippen LogP contribution >= 0.6 is 0 Å². The number of methoxy groups -OCH3 is 3. The number of halogens is 3. The van der Waals surface area contributed by atoms with Crippen molar-refractivity contribution in [3.8, 4) is 17.2 Å². The summed E-state index contributed by atoms with van der Waals surface area (Å²) in [5, 5.41) is 7.12. The van der Waals surface area contributed by atoms with Crippen molar-refractivity contribution in [2.24, 2.45) is 5.92 Å². The highest BCUT2D eigenvalue weighted by Crippen LogP contribution is 2.40. The van der Waals surface area contributed by atoms with Crippen LogP contribution in [0.4, 0.5) is 13.2 Å². The van der Waals surface area contributed by atoms with Gasteiger partial charge in [-0.05, 0) is 24.8 Å². The number of ether oxygens (including phenoxy) is 3. The van der Waals surface area contributed by atoms with E-state index in [1.54, 1.807) is 21.3 Å². The first-order valence-corrected chi connectivity index (χ1v) is 10.2. The topological polar surface area (TPSA) is 71.5 Å². The SMILES string of the molecule is COc1ccc(CN2CCN(CC3CCC3)CC2)c(OC)c1OC.O=C(O)C(F)(F)F. The van der Waals surface area contributed by atoms with E-state index in [4.69, 9.17) is 24.1 Å². The molecule has 1 N–H and O–H groups in total. The second-order valence-corrected chi connectivity index (χ2v) is 7.67. The maximum Gasteiger partial charge on any atom is 0.490 e. The van der Waals surface area contributed by atoms with Crippen LogP contribution in [-0.4, -0.2) is 81.1 Å². The van der Waals surface area contributed by atoms with Crippen LogP contribution in [0.5, 0.6) is 17.2 Å². The van der Waals surface area contributed by atoms with E-state index < -0.39 is 12.1 Å². The van der Waals surface area contributed by atoms with E-state index in [0.717, 1.165) is 36.9 Å². The minimum absolute atomic E-state index is 0.682. The van der Waals surface area contributed by atoms with Crippen LogP contribution in [0, 0.1) is 5.92 Å². The predicted molar refractivity (Wildman–Crippen MR) is 109 cm³/mol. The van der Waals surface area contributed by atoms with Crippen LogP contribution in [0.25, 0.3) is 0 Å². The van der Waals surface area contributed by atoms with E-state index in [9.17, 15) is 13.2 Å². The van der Waals surface area contributed by atoms with Gasteiger partial charge < -0.3 is 24.2 Å². The van der Waals surface area contributed by atoms with Gasteiger partial charge in [-0.3, -0.25) is 4.90 Å². The van der Waals surface area contributed by atoms with Crippen molar-refractivity contribution < 1.29 is 37.3 Å². The number of rotatable bonds is 7. The smallest absolute Gasteiger partial charge is 0.490 e. The van der Waals surface area contributed by atoms with Gasteiger partial charge in [0.15, 0.2) is 11.5 Å². The predicted octanol–water partition coefficient (Wildman–Crippen LogP) is 3.26. The Morgan fingerprint density at radius 1 is 1.00 bits per heavy atom. The number of nitrogens with zero attached hydrogens (tertiary/aromatic N) is 2. The average Bonchev–Trinajstić information content (AvgIpc) is 2.71. The third-order valence-corrected chi connectivity index (χ3v) is 5.63. The van der Waals surface area contributed by atoms with Crippen LogP contribution < -0.4 is 14.2 Å². The average molecular weight is 448 g/mol. The summed E-state index contributed by atoms with van der Waals surface area (Å²) in [6, 6.07) is 4.05. The number of piperazine rings is 1. The largest absolute Gasteiger partial charge is 0.493 e. The Balaban J connectivity index is 0.000000423. The molecule has 1 aromatic rings. The molecule has 2 aliphatic rings. The first kappa shape index (κ1) is 25.1. The van der Waals surface area contributed by atoms with E-state index in [-0.39, 0.29) is 0 Å². The fraction of sp³-hybridized carbons (Fsp3) is 0.667. The first-order valence-electron chi connectivity index (χ1n) is 10.2. The zero-order valence-electron chi connectivity index (χ0n) is 18.2. The van der Waals surface area contributed by atoms with E-state index in [1.807, 2.05) is 6.07 Å². The summed E-state index contributed by atoms with van der Waals surface area (Å²) >= 11 is 0. The lowest BCUT2D eigenvalue weighted by atomic mass is 9.85. The molecule has 0 spiro atoms. The molecule has 0 aromatic heterocycles. The van der Waals surface area contributed by atoms with Crippen molar-refractivity contribution in [3.05, 3.63) is 17.7 Å². The van der Waals surface area contributed by atoms with Crippen LogP contribution in [0.3, 0.4) is 0 Å². The van der Waals surface area contributed by atoms with Gasteiger partial charge in [-0.1, -0.05) is 12.5 Å². The van der Waals surface area contributed by atoms with Crippen molar-refractivity contribution >= 4 is 5.97 Å². The van der Waals surface area contributed by atoms with Gasteiger partial charge in [0.05, 0.1) is 21.3 Å². The van der Waals surface area contributed by atoms with Crippen molar-refractivity contribution in [2.75, 3.05) is 54.1 Å². The molecule has 10 heteroatoms. The fourth-order valence-electron chi connectivity index (χ4n) is 3.70. The van der Waals surface area contributed by atoms with Gasteiger partial charge in [0.2, 0.25) is 5.75 Å². The van der Waals surface area contributed by atoms with Crippen LogP contribution in [0.1, 0.15) is 24.8 Å². The van der Waals surface area contributed by atoms with Crippen LogP contribution in [-0.2, 0) is 11.3 Å². The monoisotopic (exact) mass is 448 g/mol. The minimum atomic E-state index is -5.08.